The molecule has 30 heavy (non-hydrogen) atoms. The summed E-state index contributed by atoms with van der Waals surface area (Å²) in [5.74, 6) is -0.684. The van der Waals surface area contributed by atoms with Crippen molar-refractivity contribution in [2.45, 2.75) is 50.4 Å². The van der Waals surface area contributed by atoms with Gasteiger partial charge in [-0.3, -0.25) is 14.4 Å². The summed E-state index contributed by atoms with van der Waals surface area (Å²) in [6.45, 7) is 1.95. The van der Waals surface area contributed by atoms with E-state index in [4.69, 9.17) is 0 Å². The van der Waals surface area contributed by atoms with Gasteiger partial charge >= 0.3 is 0 Å². The summed E-state index contributed by atoms with van der Waals surface area (Å²) >= 11 is 0. The number of hydrogen-bond acceptors (Lipinski definition) is 6. The summed E-state index contributed by atoms with van der Waals surface area (Å²) in [5.41, 5.74) is 0.552. The van der Waals surface area contributed by atoms with E-state index >= 15 is 0 Å². The number of carbonyl (C=O) groups excluding carboxylic acids is 3. The molecule has 4 rings (SSSR count). The van der Waals surface area contributed by atoms with Gasteiger partial charge in [-0.2, -0.15) is 0 Å². The Morgan fingerprint density at radius 3 is 2.73 bits per heavy atom. The average Bonchev–Trinajstić information content (AvgIpc) is 2.96. The Morgan fingerprint density at radius 1 is 1.23 bits per heavy atom. The van der Waals surface area contributed by atoms with E-state index in [1.807, 2.05) is 12.1 Å². The van der Waals surface area contributed by atoms with Crippen LogP contribution in [0.25, 0.3) is 0 Å². The molecule has 162 valence electrons. The summed E-state index contributed by atoms with van der Waals surface area (Å²) < 4.78 is 23.2. The Balaban J connectivity index is 1.44. The van der Waals surface area contributed by atoms with Crippen molar-refractivity contribution in [3.8, 4) is 0 Å². The summed E-state index contributed by atoms with van der Waals surface area (Å²) in [7, 11) is -3.10. The smallest absolute Gasteiger partial charge is 0.255 e. The van der Waals surface area contributed by atoms with Crippen LogP contribution in [0, 0.1) is 0 Å². The first-order valence-corrected chi connectivity index (χ1v) is 12.0. The van der Waals surface area contributed by atoms with Crippen molar-refractivity contribution >= 4 is 33.2 Å². The molecule has 0 aliphatic carbocycles. The lowest BCUT2D eigenvalue weighted by atomic mass is 9.95. The number of amides is 3. The highest BCUT2D eigenvalue weighted by Gasteiger charge is 2.42. The molecular formula is C20H26N4O5S. The molecule has 1 aromatic carbocycles. The number of nitrogens with zero attached hydrogens (tertiary/aromatic N) is 1. The molecule has 3 N–H and O–H groups in total. The molecule has 2 fully saturated rings. The van der Waals surface area contributed by atoms with Crippen LogP contribution >= 0.6 is 0 Å². The zero-order chi connectivity index (χ0) is 21.5. The predicted octanol–water partition coefficient (Wildman–Crippen LogP) is 0.243. The monoisotopic (exact) mass is 434 g/mol. The molecule has 9 nitrogen and oxygen atoms in total. The van der Waals surface area contributed by atoms with E-state index in [-0.39, 0.29) is 35.6 Å². The fourth-order valence-electron chi connectivity index (χ4n) is 4.42. The third-order valence-corrected chi connectivity index (χ3v) is 7.96. The minimum atomic E-state index is -3.10. The molecular weight excluding hydrogens is 408 g/mol. The SMILES string of the molecule is C[C@@H](C(=O)N[C@H]1CCS(=O)(=O)C1)N1CC[C@]2(CCC1=O)NC(=O)c1ccccc1N2. The van der Waals surface area contributed by atoms with Crippen molar-refractivity contribution in [3.63, 3.8) is 0 Å². The molecule has 3 amide bonds. The molecule has 0 bridgehead atoms. The maximum Gasteiger partial charge on any atom is 0.255 e. The lowest BCUT2D eigenvalue weighted by Gasteiger charge is -2.40. The highest BCUT2D eigenvalue weighted by atomic mass is 32.2. The Labute approximate surface area is 175 Å². The van der Waals surface area contributed by atoms with E-state index in [0.29, 0.717) is 31.4 Å². The molecule has 2 saturated heterocycles. The molecule has 0 radical (unpaired) electrons. The van der Waals surface area contributed by atoms with Crippen LogP contribution in [-0.4, -0.2) is 66.8 Å². The maximum absolute atomic E-state index is 12.8. The molecule has 0 unspecified atom stereocenters. The molecule has 3 aliphatic heterocycles. The van der Waals surface area contributed by atoms with Crippen molar-refractivity contribution in [3.05, 3.63) is 29.8 Å². The second-order valence-electron chi connectivity index (χ2n) is 8.33. The number of fused-ring (bicyclic) bond motifs is 1. The van der Waals surface area contributed by atoms with Gasteiger partial charge in [-0.15, -0.1) is 0 Å². The zero-order valence-electron chi connectivity index (χ0n) is 16.8. The maximum atomic E-state index is 12.8. The van der Waals surface area contributed by atoms with Gasteiger partial charge in [0.15, 0.2) is 9.84 Å². The highest BCUT2D eigenvalue weighted by Crippen LogP contribution is 2.32. The van der Waals surface area contributed by atoms with Crippen LogP contribution in [0.5, 0.6) is 0 Å². The number of rotatable bonds is 3. The van der Waals surface area contributed by atoms with Gasteiger partial charge in [0.2, 0.25) is 11.8 Å². The number of carbonyl (C=O) groups is 3. The van der Waals surface area contributed by atoms with Gasteiger partial charge in [0.05, 0.1) is 17.1 Å². The van der Waals surface area contributed by atoms with Crippen LogP contribution in [0.3, 0.4) is 0 Å². The molecule has 3 aliphatic rings. The van der Waals surface area contributed by atoms with Gasteiger partial charge in [-0.25, -0.2) is 8.42 Å². The third-order valence-electron chi connectivity index (χ3n) is 6.19. The molecule has 3 heterocycles. The number of likely N-dealkylation sites (tertiary alicyclic amines) is 1. The van der Waals surface area contributed by atoms with Gasteiger partial charge in [0.25, 0.3) is 5.91 Å². The van der Waals surface area contributed by atoms with Crippen molar-refractivity contribution < 1.29 is 22.8 Å². The van der Waals surface area contributed by atoms with Crippen LogP contribution < -0.4 is 16.0 Å². The lowest BCUT2D eigenvalue weighted by molar-refractivity contribution is -0.139. The topological polar surface area (TPSA) is 125 Å². The van der Waals surface area contributed by atoms with Crippen LogP contribution in [0.15, 0.2) is 24.3 Å². The molecule has 10 heteroatoms. The summed E-state index contributed by atoms with van der Waals surface area (Å²) in [5, 5.41) is 9.16. The van der Waals surface area contributed by atoms with E-state index < -0.39 is 27.6 Å². The van der Waals surface area contributed by atoms with Gasteiger partial charge in [-0.1, -0.05) is 12.1 Å². The first-order chi connectivity index (χ1) is 14.2. The quantitative estimate of drug-likeness (QED) is 0.626. The van der Waals surface area contributed by atoms with Crippen molar-refractivity contribution in [2.24, 2.45) is 0 Å². The van der Waals surface area contributed by atoms with Gasteiger partial charge in [0, 0.05) is 31.1 Å². The number of para-hydroxylation sites is 1. The fourth-order valence-corrected chi connectivity index (χ4v) is 6.09. The summed E-state index contributed by atoms with van der Waals surface area (Å²) in [6.07, 6.45) is 1.45. The van der Waals surface area contributed by atoms with E-state index in [0.717, 1.165) is 5.69 Å². The molecule has 3 atom stereocenters. The van der Waals surface area contributed by atoms with E-state index in [9.17, 15) is 22.8 Å². The third kappa shape index (κ3) is 4.00. The second kappa shape index (κ2) is 7.57. The Bertz CT molecular complexity index is 995. The summed E-state index contributed by atoms with van der Waals surface area (Å²) in [4.78, 5) is 39.5. The summed E-state index contributed by atoms with van der Waals surface area (Å²) in [6, 6.07) is 6.10. The van der Waals surface area contributed by atoms with E-state index in [1.54, 1.807) is 19.1 Å². The van der Waals surface area contributed by atoms with Crippen molar-refractivity contribution in [2.75, 3.05) is 23.4 Å². The Hall–Kier alpha value is -2.62. The number of nitrogens with one attached hydrogen (secondary N) is 3. The fraction of sp³-hybridized carbons (Fsp3) is 0.550. The van der Waals surface area contributed by atoms with Crippen LogP contribution in [0.1, 0.15) is 43.0 Å². The zero-order valence-corrected chi connectivity index (χ0v) is 17.6. The standard InChI is InChI=1S/C20H26N4O5S/c1-13(18(26)21-14-7-11-30(28,29)12-14)24-10-9-20(8-6-17(24)25)22-16-5-3-2-4-15(16)19(27)23-20/h2-5,13-14,22H,6-12H2,1H3,(H,21,26)(H,23,27)/t13-,14-,20-/m0/s1. The number of hydrogen-bond donors (Lipinski definition) is 3. The minimum Gasteiger partial charge on any atom is -0.362 e. The van der Waals surface area contributed by atoms with Gasteiger partial charge < -0.3 is 20.9 Å². The van der Waals surface area contributed by atoms with Crippen LogP contribution in [-0.2, 0) is 19.4 Å². The van der Waals surface area contributed by atoms with Gasteiger partial charge in [-0.05, 0) is 31.9 Å². The highest BCUT2D eigenvalue weighted by molar-refractivity contribution is 7.91. The molecule has 0 saturated carbocycles. The first kappa shape index (κ1) is 20.6. The van der Waals surface area contributed by atoms with Gasteiger partial charge in [0.1, 0.15) is 11.7 Å². The largest absolute Gasteiger partial charge is 0.362 e. The van der Waals surface area contributed by atoms with E-state index in [2.05, 4.69) is 16.0 Å². The Morgan fingerprint density at radius 2 is 2.00 bits per heavy atom. The Kier molecular flexibility index (Phi) is 5.21. The van der Waals surface area contributed by atoms with Crippen LogP contribution in [0.4, 0.5) is 5.69 Å². The average molecular weight is 435 g/mol. The van der Waals surface area contributed by atoms with E-state index in [1.165, 1.54) is 4.90 Å². The number of sulfone groups is 1. The van der Waals surface area contributed by atoms with Crippen LogP contribution in [0.2, 0.25) is 0 Å². The normalized spacial score (nSPS) is 28.8. The number of benzene rings is 1. The minimum absolute atomic E-state index is 0.0577. The number of anilines is 1. The molecule has 0 aromatic heterocycles. The van der Waals surface area contributed by atoms with Crippen molar-refractivity contribution in [1.29, 1.82) is 0 Å². The predicted molar refractivity (Wildman–Crippen MR) is 110 cm³/mol. The van der Waals surface area contributed by atoms with Crippen molar-refractivity contribution in [1.82, 2.24) is 15.5 Å². The lowest BCUT2D eigenvalue weighted by Crippen LogP contribution is -2.58. The molecule has 1 spiro atoms. The second-order valence-corrected chi connectivity index (χ2v) is 10.6. The molecule has 1 aromatic rings. The first-order valence-electron chi connectivity index (χ1n) is 10.2.